The van der Waals surface area contributed by atoms with Crippen molar-refractivity contribution in [3.05, 3.63) is 29.3 Å². The third-order valence-corrected chi connectivity index (χ3v) is 3.23. The zero-order valence-corrected chi connectivity index (χ0v) is 10.9. The second-order valence-corrected chi connectivity index (χ2v) is 4.72. The Morgan fingerprint density at radius 2 is 2.16 bits per heavy atom. The van der Waals surface area contributed by atoms with E-state index in [1.165, 1.54) is 0 Å². The van der Waals surface area contributed by atoms with E-state index in [0.29, 0.717) is 24.5 Å². The predicted molar refractivity (Wildman–Crippen MR) is 67.3 cm³/mol. The highest BCUT2D eigenvalue weighted by atomic mass is 19.4. The minimum Gasteiger partial charge on any atom is -0.493 e. The van der Waals surface area contributed by atoms with E-state index in [9.17, 15) is 13.2 Å². The van der Waals surface area contributed by atoms with Crippen LogP contribution >= 0.6 is 0 Å². The van der Waals surface area contributed by atoms with Gasteiger partial charge in [-0.1, -0.05) is 25.1 Å². The highest BCUT2D eigenvalue weighted by Gasteiger charge is 2.34. The second-order valence-electron chi connectivity index (χ2n) is 4.72. The molecule has 5 heteroatoms. The van der Waals surface area contributed by atoms with Crippen LogP contribution < -0.4 is 10.1 Å². The van der Waals surface area contributed by atoms with Gasteiger partial charge in [0.2, 0.25) is 0 Å². The molecule has 0 aromatic heterocycles. The smallest absolute Gasteiger partial charge is 0.390 e. The van der Waals surface area contributed by atoms with Crippen LogP contribution in [0.3, 0.4) is 0 Å². The molecule has 19 heavy (non-hydrogen) atoms. The van der Waals surface area contributed by atoms with Crippen LogP contribution in [0.1, 0.15) is 36.9 Å². The molecule has 1 unspecified atom stereocenters. The summed E-state index contributed by atoms with van der Waals surface area (Å²) < 4.78 is 43.6. The van der Waals surface area contributed by atoms with E-state index < -0.39 is 18.6 Å². The van der Waals surface area contributed by atoms with Crippen molar-refractivity contribution < 1.29 is 17.9 Å². The zero-order valence-electron chi connectivity index (χ0n) is 10.9. The molecule has 106 valence electrons. The first-order valence-corrected chi connectivity index (χ1v) is 6.56. The third kappa shape index (κ3) is 3.62. The van der Waals surface area contributed by atoms with E-state index >= 15 is 0 Å². The normalized spacial score (nSPS) is 16.6. The Balaban J connectivity index is 2.30. The largest absolute Gasteiger partial charge is 0.493 e. The summed E-state index contributed by atoms with van der Waals surface area (Å²) in [5.41, 5.74) is 1.63. The van der Waals surface area contributed by atoms with E-state index in [1.807, 2.05) is 12.1 Å². The topological polar surface area (TPSA) is 21.3 Å². The summed E-state index contributed by atoms with van der Waals surface area (Å²) >= 11 is 0. The van der Waals surface area contributed by atoms with Crippen LogP contribution in [-0.4, -0.2) is 19.3 Å². The first kappa shape index (κ1) is 14.2. The Bertz CT molecular complexity index is 431. The Labute approximate surface area is 111 Å². The van der Waals surface area contributed by atoms with Gasteiger partial charge in [0.05, 0.1) is 13.0 Å². The first-order valence-electron chi connectivity index (χ1n) is 6.56. The maximum atomic E-state index is 12.7. The van der Waals surface area contributed by atoms with E-state index in [4.69, 9.17) is 4.74 Å². The first-order chi connectivity index (χ1) is 9.01. The van der Waals surface area contributed by atoms with Crippen molar-refractivity contribution in [1.29, 1.82) is 0 Å². The van der Waals surface area contributed by atoms with Crippen LogP contribution in [-0.2, 0) is 6.42 Å². The second kappa shape index (κ2) is 5.82. The van der Waals surface area contributed by atoms with E-state index in [-0.39, 0.29) is 0 Å². The molecule has 0 aliphatic carbocycles. The Morgan fingerprint density at radius 3 is 2.84 bits per heavy atom. The monoisotopic (exact) mass is 273 g/mol. The minimum atomic E-state index is -4.19. The lowest BCUT2D eigenvalue weighted by molar-refractivity contribution is -0.140. The molecule has 2 nitrogen and oxygen atoms in total. The molecule has 0 amide bonds. The van der Waals surface area contributed by atoms with Crippen molar-refractivity contribution in [2.45, 2.75) is 38.4 Å². The number of fused-ring (bicyclic) bond motifs is 1. The van der Waals surface area contributed by atoms with Gasteiger partial charge in [-0.05, 0) is 24.9 Å². The molecular formula is C14H18F3NO. The maximum Gasteiger partial charge on any atom is 0.390 e. The summed E-state index contributed by atoms with van der Waals surface area (Å²) in [5, 5.41) is 2.91. The quantitative estimate of drug-likeness (QED) is 0.904. The molecule has 1 aromatic rings. The number of aryl methyl sites for hydroxylation is 1. The zero-order chi connectivity index (χ0) is 13.9. The fourth-order valence-electron chi connectivity index (χ4n) is 2.46. The molecule has 1 aliphatic heterocycles. The molecule has 1 atom stereocenters. The van der Waals surface area contributed by atoms with Gasteiger partial charge in [-0.2, -0.15) is 13.2 Å². The number of benzene rings is 1. The number of alkyl halides is 3. The third-order valence-electron chi connectivity index (χ3n) is 3.23. The number of halogens is 3. The van der Waals surface area contributed by atoms with Gasteiger partial charge in [-0.15, -0.1) is 0 Å². The molecular weight excluding hydrogens is 255 g/mol. The molecule has 1 N–H and O–H groups in total. The fraction of sp³-hybridized carbons (Fsp3) is 0.571. The van der Waals surface area contributed by atoms with Gasteiger partial charge >= 0.3 is 6.18 Å². The van der Waals surface area contributed by atoms with Crippen LogP contribution in [0, 0.1) is 0 Å². The standard InChI is InChI=1S/C14H18F3NO/c1-2-18-12(9-14(15,16)17)11-7-3-5-10-6-4-8-19-13(10)11/h3,5,7,12,18H,2,4,6,8-9H2,1H3. The number of rotatable bonds is 4. The molecule has 0 saturated carbocycles. The summed E-state index contributed by atoms with van der Waals surface area (Å²) in [6.45, 7) is 2.87. The van der Waals surface area contributed by atoms with Gasteiger partial charge in [0.1, 0.15) is 5.75 Å². The fourth-order valence-corrected chi connectivity index (χ4v) is 2.46. The number of nitrogens with one attached hydrogen (secondary N) is 1. The summed E-state index contributed by atoms with van der Waals surface area (Å²) in [4.78, 5) is 0. The van der Waals surface area contributed by atoms with Crippen molar-refractivity contribution in [1.82, 2.24) is 5.32 Å². The number of para-hydroxylation sites is 1. The van der Waals surface area contributed by atoms with Crippen LogP contribution in [0.4, 0.5) is 13.2 Å². The summed E-state index contributed by atoms with van der Waals surface area (Å²) in [6.07, 6.45) is -3.28. The van der Waals surface area contributed by atoms with Gasteiger partial charge in [0.25, 0.3) is 0 Å². The molecule has 0 radical (unpaired) electrons. The molecule has 1 aliphatic rings. The van der Waals surface area contributed by atoms with Crippen molar-refractivity contribution in [2.24, 2.45) is 0 Å². The molecule has 0 fully saturated rings. The van der Waals surface area contributed by atoms with E-state index in [2.05, 4.69) is 5.32 Å². The van der Waals surface area contributed by atoms with Crippen LogP contribution in [0.5, 0.6) is 5.75 Å². The molecule has 0 saturated heterocycles. The maximum absolute atomic E-state index is 12.7. The summed E-state index contributed by atoms with van der Waals surface area (Å²) in [5.74, 6) is 0.643. The lowest BCUT2D eigenvalue weighted by Gasteiger charge is -2.26. The highest BCUT2D eigenvalue weighted by molar-refractivity contribution is 5.44. The lowest BCUT2D eigenvalue weighted by atomic mass is 9.96. The highest BCUT2D eigenvalue weighted by Crippen LogP contribution is 2.37. The number of ether oxygens (including phenoxy) is 1. The van der Waals surface area contributed by atoms with Gasteiger partial charge < -0.3 is 10.1 Å². The van der Waals surface area contributed by atoms with Crippen molar-refractivity contribution in [3.8, 4) is 5.75 Å². The van der Waals surface area contributed by atoms with Gasteiger partial charge in [-0.25, -0.2) is 0 Å². The minimum absolute atomic E-state index is 0.490. The SMILES string of the molecule is CCNC(CC(F)(F)F)c1cccc2c1OCCC2. The number of hydrogen-bond acceptors (Lipinski definition) is 2. The van der Waals surface area contributed by atoms with Crippen LogP contribution in [0.15, 0.2) is 18.2 Å². The Hall–Kier alpha value is -1.23. The van der Waals surface area contributed by atoms with E-state index in [0.717, 1.165) is 18.4 Å². The van der Waals surface area contributed by atoms with Crippen molar-refractivity contribution in [2.75, 3.05) is 13.2 Å². The predicted octanol–water partition coefficient (Wildman–Crippen LogP) is 3.61. The van der Waals surface area contributed by atoms with Crippen LogP contribution in [0.2, 0.25) is 0 Å². The Kier molecular flexibility index (Phi) is 4.34. The molecule has 0 bridgehead atoms. The van der Waals surface area contributed by atoms with Crippen molar-refractivity contribution >= 4 is 0 Å². The molecule has 1 heterocycles. The van der Waals surface area contributed by atoms with Gasteiger partial charge in [0.15, 0.2) is 0 Å². The van der Waals surface area contributed by atoms with E-state index in [1.54, 1.807) is 13.0 Å². The average molecular weight is 273 g/mol. The summed E-state index contributed by atoms with van der Waals surface area (Å²) in [7, 11) is 0. The number of hydrogen-bond donors (Lipinski definition) is 1. The van der Waals surface area contributed by atoms with Crippen LogP contribution in [0.25, 0.3) is 0 Å². The van der Waals surface area contributed by atoms with Crippen molar-refractivity contribution in [3.63, 3.8) is 0 Å². The molecule has 1 aromatic carbocycles. The molecule has 2 rings (SSSR count). The Morgan fingerprint density at radius 1 is 1.37 bits per heavy atom. The summed E-state index contributed by atoms with van der Waals surface area (Å²) in [6, 6.07) is 4.72. The lowest BCUT2D eigenvalue weighted by Crippen LogP contribution is -2.27. The molecule has 0 spiro atoms. The average Bonchev–Trinajstić information content (AvgIpc) is 2.36. The van der Waals surface area contributed by atoms with Gasteiger partial charge in [-0.3, -0.25) is 0 Å². The van der Waals surface area contributed by atoms with Gasteiger partial charge in [0, 0.05) is 11.6 Å².